The molecule has 0 heterocycles. The zero-order chi connectivity index (χ0) is 17.8. The first kappa shape index (κ1) is 17.8. The smallest absolute Gasteiger partial charge is 0.133 e. The lowest BCUT2D eigenvalue weighted by Crippen LogP contribution is -2.51. The highest BCUT2D eigenvalue weighted by Crippen LogP contribution is 2.66. The molecule has 0 N–H and O–H groups in total. The number of carbonyl (C=O) groups is 1. The largest absolute Gasteiger partial charge is 0.378 e. The summed E-state index contributed by atoms with van der Waals surface area (Å²) in [6.07, 6.45) is 13.0. The minimum absolute atomic E-state index is 0.275. The van der Waals surface area contributed by atoms with Gasteiger partial charge in [-0.2, -0.15) is 0 Å². The topological polar surface area (TPSA) is 26.3 Å². The van der Waals surface area contributed by atoms with E-state index in [1.54, 1.807) is 5.57 Å². The van der Waals surface area contributed by atoms with E-state index in [0.717, 1.165) is 37.2 Å². The standard InChI is InChI=1S/C23H36O2/c1-5-25-17-10-12-22(3)16(14-17)6-7-18-20-9-8-19(15(2)24)23(20,4)13-11-21(18)22/h6,17-21H,5,7-14H2,1-4H3. The molecule has 0 aromatic carbocycles. The third kappa shape index (κ3) is 2.58. The fourth-order valence-corrected chi connectivity index (χ4v) is 7.67. The number of allylic oxidation sites excluding steroid dienone is 1. The summed E-state index contributed by atoms with van der Waals surface area (Å²) in [5.41, 5.74) is 2.37. The van der Waals surface area contributed by atoms with Crippen molar-refractivity contribution >= 4 is 5.78 Å². The molecule has 0 spiro atoms. The third-order valence-corrected chi connectivity index (χ3v) is 8.95. The molecule has 0 aromatic rings. The van der Waals surface area contributed by atoms with Gasteiger partial charge in [0, 0.05) is 12.5 Å². The van der Waals surface area contributed by atoms with E-state index in [1.807, 2.05) is 6.92 Å². The van der Waals surface area contributed by atoms with Crippen molar-refractivity contribution in [2.24, 2.45) is 34.5 Å². The second-order valence-electron chi connectivity index (χ2n) is 9.86. The van der Waals surface area contributed by atoms with Gasteiger partial charge < -0.3 is 4.74 Å². The monoisotopic (exact) mass is 344 g/mol. The highest BCUT2D eigenvalue weighted by molar-refractivity contribution is 5.79. The molecule has 2 heteroatoms. The number of Topliss-reactive ketones (excluding diaryl/α,β-unsaturated/α-hetero) is 1. The Hall–Kier alpha value is -0.630. The highest BCUT2D eigenvalue weighted by atomic mass is 16.5. The highest BCUT2D eigenvalue weighted by Gasteiger charge is 2.59. The molecule has 0 bridgehead atoms. The number of ketones is 1. The lowest BCUT2D eigenvalue weighted by molar-refractivity contribution is -0.127. The molecule has 4 aliphatic rings. The van der Waals surface area contributed by atoms with Gasteiger partial charge in [-0.1, -0.05) is 25.5 Å². The van der Waals surface area contributed by atoms with E-state index in [2.05, 4.69) is 26.8 Å². The number of rotatable bonds is 3. The first-order valence-electron chi connectivity index (χ1n) is 10.7. The van der Waals surface area contributed by atoms with E-state index in [-0.39, 0.29) is 5.41 Å². The van der Waals surface area contributed by atoms with Gasteiger partial charge in [-0.15, -0.1) is 0 Å². The summed E-state index contributed by atoms with van der Waals surface area (Å²) in [7, 11) is 0. The van der Waals surface area contributed by atoms with Crippen LogP contribution in [0.2, 0.25) is 0 Å². The molecule has 0 saturated heterocycles. The number of carbonyl (C=O) groups excluding carboxylic acids is 1. The second kappa shape index (κ2) is 6.22. The van der Waals surface area contributed by atoms with Gasteiger partial charge >= 0.3 is 0 Å². The predicted octanol–water partition coefficient (Wildman–Crippen LogP) is 5.56. The molecule has 25 heavy (non-hydrogen) atoms. The van der Waals surface area contributed by atoms with Gasteiger partial charge in [-0.3, -0.25) is 4.79 Å². The van der Waals surface area contributed by atoms with Crippen LogP contribution in [-0.2, 0) is 9.53 Å². The Labute approximate surface area is 153 Å². The van der Waals surface area contributed by atoms with Crippen molar-refractivity contribution < 1.29 is 9.53 Å². The SMILES string of the molecule is CCOC1CCC2(C)C(=CCC3C2CCC2(C)C(C(C)=O)CCC32)C1. The van der Waals surface area contributed by atoms with Crippen molar-refractivity contribution in [1.82, 2.24) is 0 Å². The van der Waals surface area contributed by atoms with E-state index >= 15 is 0 Å². The average molecular weight is 345 g/mol. The lowest BCUT2D eigenvalue weighted by atomic mass is 9.47. The zero-order valence-corrected chi connectivity index (χ0v) is 16.6. The summed E-state index contributed by atoms with van der Waals surface area (Å²) in [6.45, 7) is 9.79. The van der Waals surface area contributed by atoms with Gasteiger partial charge in [0.05, 0.1) is 6.10 Å². The van der Waals surface area contributed by atoms with Gasteiger partial charge in [0.1, 0.15) is 5.78 Å². The first-order chi connectivity index (χ1) is 11.9. The Morgan fingerprint density at radius 1 is 1.16 bits per heavy atom. The lowest BCUT2D eigenvalue weighted by Gasteiger charge is -2.58. The molecule has 7 atom stereocenters. The molecule has 0 aliphatic heterocycles. The van der Waals surface area contributed by atoms with Gasteiger partial charge in [0.15, 0.2) is 0 Å². The molecule has 0 aromatic heterocycles. The molecule has 7 unspecified atom stereocenters. The molecular weight excluding hydrogens is 308 g/mol. The zero-order valence-electron chi connectivity index (χ0n) is 16.6. The van der Waals surface area contributed by atoms with E-state index < -0.39 is 0 Å². The summed E-state index contributed by atoms with van der Waals surface area (Å²) < 4.78 is 5.96. The summed E-state index contributed by atoms with van der Waals surface area (Å²) in [5, 5.41) is 0. The molecule has 3 saturated carbocycles. The Morgan fingerprint density at radius 3 is 2.68 bits per heavy atom. The van der Waals surface area contributed by atoms with Crippen LogP contribution in [0.1, 0.15) is 79.1 Å². The summed E-state index contributed by atoms with van der Waals surface area (Å²) >= 11 is 0. The normalized spacial score (nSPS) is 49.0. The number of ether oxygens (including phenoxy) is 1. The maximum atomic E-state index is 12.2. The quantitative estimate of drug-likeness (QED) is 0.627. The fraction of sp³-hybridized carbons (Fsp3) is 0.870. The second-order valence-corrected chi connectivity index (χ2v) is 9.86. The number of hydrogen-bond donors (Lipinski definition) is 0. The summed E-state index contributed by atoms with van der Waals surface area (Å²) in [6, 6.07) is 0. The first-order valence-corrected chi connectivity index (χ1v) is 10.7. The average Bonchev–Trinajstić information content (AvgIpc) is 2.93. The van der Waals surface area contributed by atoms with Crippen molar-refractivity contribution in [3.8, 4) is 0 Å². The predicted molar refractivity (Wildman–Crippen MR) is 101 cm³/mol. The van der Waals surface area contributed by atoms with Crippen molar-refractivity contribution in [1.29, 1.82) is 0 Å². The van der Waals surface area contributed by atoms with Crippen molar-refractivity contribution in [3.63, 3.8) is 0 Å². The molecule has 140 valence electrons. The summed E-state index contributed by atoms with van der Waals surface area (Å²) in [4.78, 5) is 12.2. The van der Waals surface area contributed by atoms with Gasteiger partial charge in [0.2, 0.25) is 0 Å². The third-order valence-electron chi connectivity index (χ3n) is 8.95. The fourth-order valence-electron chi connectivity index (χ4n) is 7.67. The van der Waals surface area contributed by atoms with E-state index in [9.17, 15) is 4.79 Å². The Balaban J connectivity index is 1.60. The van der Waals surface area contributed by atoms with Crippen LogP contribution >= 0.6 is 0 Å². The van der Waals surface area contributed by atoms with Crippen molar-refractivity contribution in [2.75, 3.05) is 6.61 Å². The van der Waals surface area contributed by atoms with Crippen LogP contribution in [0.5, 0.6) is 0 Å². The maximum absolute atomic E-state index is 12.2. The molecular formula is C23H36O2. The van der Waals surface area contributed by atoms with Crippen molar-refractivity contribution in [3.05, 3.63) is 11.6 Å². The van der Waals surface area contributed by atoms with Crippen LogP contribution < -0.4 is 0 Å². The van der Waals surface area contributed by atoms with Crippen LogP contribution in [0, 0.1) is 34.5 Å². The van der Waals surface area contributed by atoms with Crippen LogP contribution in [0.3, 0.4) is 0 Å². The van der Waals surface area contributed by atoms with Crippen LogP contribution in [0.15, 0.2) is 11.6 Å². The molecule has 4 aliphatic carbocycles. The van der Waals surface area contributed by atoms with Gasteiger partial charge in [-0.05, 0) is 93.8 Å². The Bertz CT molecular complexity index is 579. The molecule has 0 radical (unpaired) electrons. The minimum Gasteiger partial charge on any atom is -0.378 e. The molecule has 2 nitrogen and oxygen atoms in total. The van der Waals surface area contributed by atoms with Crippen LogP contribution in [-0.4, -0.2) is 18.5 Å². The van der Waals surface area contributed by atoms with Crippen LogP contribution in [0.4, 0.5) is 0 Å². The molecule has 0 amide bonds. The molecule has 4 rings (SSSR count). The van der Waals surface area contributed by atoms with Crippen molar-refractivity contribution in [2.45, 2.75) is 85.2 Å². The van der Waals surface area contributed by atoms with Crippen LogP contribution in [0.25, 0.3) is 0 Å². The van der Waals surface area contributed by atoms with Gasteiger partial charge in [-0.25, -0.2) is 0 Å². The van der Waals surface area contributed by atoms with E-state index in [1.165, 1.54) is 38.5 Å². The number of hydrogen-bond acceptors (Lipinski definition) is 2. The van der Waals surface area contributed by atoms with E-state index in [4.69, 9.17) is 4.74 Å². The summed E-state index contributed by atoms with van der Waals surface area (Å²) in [5.74, 6) is 3.17. The van der Waals surface area contributed by atoms with Gasteiger partial charge in [0.25, 0.3) is 0 Å². The maximum Gasteiger partial charge on any atom is 0.133 e. The minimum atomic E-state index is 0.275. The Morgan fingerprint density at radius 2 is 1.96 bits per heavy atom. The number of fused-ring (bicyclic) bond motifs is 5. The Kier molecular flexibility index (Phi) is 4.42. The molecule has 3 fully saturated rings. The van der Waals surface area contributed by atoms with E-state index in [0.29, 0.717) is 23.2 Å².